The molecule has 0 spiro atoms. The lowest BCUT2D eigenvalue weighted by molar-refractivity contribution is -0.123. The fourth-order valence-corrected chi connectivity index (χ4v) is 3.70. The van der Waals surface area contributed by atoms with Crippen molar-refractivity contribution in [1.29, 1.82) is 0 Å². The Morgan fingerprint density at radius 3 is 2.25 bits per heavy atom. The topological polar surface area (TPSA) is 81.8 Å². The van der Waals surface area contributed by atoms with Crippen molar-refractivity contribution in [3.63, 3.8) is 0 Å². The van der Waals surface area contributed by atoms with Crippen molar-refractivity contribution in [2.45, 2.75) is 39.9 Å². The first-order valence-corrected chi connectivity index (χ1v) is 11.1. The van der Waals surface area contributed by atoms with Crippen LogP contribution in [0, 0.1) is 0 Å². The Labute approximate surface area is 189 Å². The molecule has 0 radical (unpaired) electrons. The second-order valence-electron chi connectivity index (χ2n) is 8.31. The maximum absolute atomic E-state index is 12.5. The second-order valence-corrected chi connectivity index (χ2v) is 8.31. The van der Waals surface area contributed by atoms with Crippen LogP contribution in [0.4, 0.5) is 0 Å². The third-order valence-corrected chi connectivity index (χ3v) is 5.72. The number of hydrogen-bond acceptors (Lipinski definition) is 4. The molecule has 2 N–H and O–H groups in total. The van der Waals surface area contributed by atoms with Gasteiger partial charge < -0.3 is 15.5 Å². The molecule has 0 aromatic heterocycles. The number of rotatable bonds is 8. The monoisotopic (exact) mass is 436 g/mol. The Balaban J connectivity index is 1.52. The summed E-state index contributed by atoms with van der Waals surface area (Å²) in [7, 11) is 0. The Hall–Kier alpha value is -3.19. The summed E-state index contributed by atoms with van der Waals surface area (Å²) >= 11 is 0. The van der Waals surface area contributed by atoms with Crippen LogP contribution in [0.5, 0.6) is 0 Å². The fourth-order valence-electron chi connectivity index (χ4n) is 3.70. The van der Waals surface area contributed by atoms with Gasteiger partial charge in [-0.25, -0.2) is 0 Å². The average molecular weight is 437 g/mol. The molecule has 7 nitrogen and oxygen atoms in total. The predicted molar refractivity (Wildman–Crippen MR) is 124 cm³/mol. The number of benzene rings is 2. The molecule has 2 aromatic rings. The van der Waals surface area contributed by atoms with E-state index in [0.29, 0.717) is 36.8 Å². The molecule has 1 fully saturated rings. The number of carbonyl (C=O) groups excluding carboxylic acids is 3. The highest BCUT2D eigenvalue weighted by Crippen LogP contribution is 2.12. The summed E-state index contributed by atoms with van der Waals surface area (Å²) in [4.78, 5) is 40.4. The lowest BCUT2D eigenvalue weighted by Gasteiger charge is -2.26. The van der Waals surface area contributed by atoms with E-state index in [1.165, 1.54) is 5.56 Å². The summed E-state index contributed by atoms with van der Waals surface area (Å²) in [6, 6.07) is 15.3. The van der Waals surface area contributed by atoms with E-state index in [9.17, 15) is 14.4 Å². The third kappa shape index (κ3) is 6.17. The van der Waals surface area contributed by atoms with Crippen molar-refractivity contribution in [2.24, 2.45) is 0 Å². The molecule has 32 heavy (non-hydrogen) atoms. The zero-order valence-electron chi connectivity index (χ0n) is 19.1. The van der Waals surface area contributed by atoms with E-state index >= 15 is 0 Å². The van der Waals surface area contributed by atoms with Crippen molar-refractivity contribution in [3.05, 3.63) is 70.8 Å². The van der Waals surface area contributed by atoms with Gasteiger partial charge in [0.25, 0.3) is 11.8 Å². The van der Waals surface area contributed by atoms with Crippen molar-refractivity contribution >= 4 is 17.7 Å². The van der Waals surface area contributed by atoms with Gasteiger partial charge in [0.1, 0.15) is 0 Å². The van der Waals surface area contributed by atoms with Crippen molar-refractivity contribution in [1.82, 2.24) is 20.4 Å². The van der Waals surface area contributed by atoms with Crippen LogP contribution in [-0.4, -0.2) is 59.7 Å². The molecule has 0 bridgehead atoms. The number of nitrogens with one attached hydrogen (secondary N) is 2. The molecule has 1 aliphatic heterocycles. The molecule has 2 aromatic carbocycles. The van der Waals surface area contributed by atoms with Crippen molar-refractivity contribution in [3.8, 4) is 0 Å². The van der Waals surface area contributed by atoms with E-state index in [0.717, 1.165) is 18.7 Å². The number of carbonyl (C=O) groups is 3. The van der Waals surface area contributed by atoms with Gasteiger partial charge in [0.2, 0.25) is 5.91 Å². The quantitative estimate of drug-likeness (QED) is 0.666. The number of hydrogen-bond donors (Lipinski definition) is 2. The van der Waals surface area contributed by atoms with Crippen molar-refractivity contribution < 1.29 is 14.4 Å². The van der Waals surface area contributed by atoms with Gasteiger partial charge in [-0.15, -0.1) is 0 Å². The first-order valence-electron chi connectivity index (χ1n) is 11.1. The smallest absolute Gasteiger partial charge is 0.254 e. The van der Waals surface area contributed by atoms with Crippen molar-refractivity contribution in [2.75, 3.05) is 26.2 Å². The van der Waals surface area contributed by atoms with Gasteiger partial charge in [-0.2, -0.15) is 0 Å². The van der Waals surface area contributed by atoms with Gasteiger partial charge in [0.15, 0.2) is 0 Å². The number of amides is 3. The molecule has 0 saturated carbocycles. The normalized spacial score (nSPS) is 13.9. The predicted octanol–water partition coefficient (Wildman–Crippen LogP) is 2.42. The highest BCUT2D eigenvalue weighted by Gasteiger charge is 2.22. The standard InChI is InChI=1S/C25H32N4O3/c1-4-28(18(2)3)16-20-7-9-21(10-8-20)24(31)27-15-19-5-11-22(12-6-19)25(32)29-14-13-26-23(30)17-29/h5-12,18H,4,13-17H2,1-3H3,(H,26,30)(H,27,31). The highest BCUT2D eigenvalue weighted by molar-refractivity contribution is 5.97. The first kappa shape index (κ1) is 23.5. The lowest BCUT2D eigenvalue weighted by Crippen LogP contribution is -2.49. The minimum absolute atomic E-state index is 0.0867. The summed E-state index contributed by atoms with van der Waals surface area (Å²) in [6.45, 7) is 9.80. The van der Waals surface area contributed by atoms with E-state index in [2.05, 4.69) is 36.3 Å². The maximum atomic E-state index is 12.5. The molecule has 1 heterocycles. The molecular weight excluding hydrogens is 404 g/mol. The van der Waals surface area contributed by atoms with Crippen LogP contribution < -0.4 is 10.6 Å². The molecule has 1 saturated heterocycles. The Kier molecular flexibility index (Phi) is 8.00. The van der Waals surface area contributed by atoms with Gasteiger partial charge in [-0.1, -0.05) is 31.2 Å². The Bertz CT molecular complexity index is 939. The molecule has 170 valence electrons. The summed E-state index contributed by atoms with van der Waals surface area (Å²) < 4.78 is 0. The van der Waals surface area contributed by atoms with Crippen LogP contribution in [0.3, 0.4) is 0 Å². The van der Waals surface area contributed by atoms with Gasteiger partial charge in [-0.05, 0) is 55.8 Å². The summed E-state index contributed by atoms with van der Waals surface area (Å²) in [5, 5.41) is 5.64. The first-order chi connectivity index (χ1) is 15.4. The summed E-state index contributed by atoms with van der Waals surface area (Å²) in [5.41, 5.74) is 3.24. The summed E-state index contributed by atoms with van der Waals surface area (Å²) in [5.74, 6) is -0.429. The number of piperazine rings is 1. The van der Waals surface area contributed by atoms with Gasteiger partial charge >= 0.3 is 0 Å². The molecule has 0 atom stereocenters. The van der Waals surface area contributed by atoms with Crippen LogP contribution in [0.2, 0.25) is 0 Å². The van der Waals surface area contributed by atoms with Crippen LogP contribution in [-0.2, 0) is 17.9 Å². The Morgan fingerprint density at radius 1 is 1.03 bits per heavy atom. The molecule has 0 unspecified atom stereocenters. The third-order valence-electron chi connectivity index (χ3n) is 5.72. The Morgan fingerprint density at radius 2 is 1.66 bits per heavy atom. The van der Waals surface area contributed by atoms with Crippen LogP contribution >= 0.6 is 0 Å². The SMILES string of the molecule is CCN(Cc1ccc(C(=O)NCc2ccc(C(=O)N3CCNC(=O)C3)cc2)cc1)C(C)C. The summed E-state index contributed by atoms with van der Waals surface area (Å²) in [6.07, 6.45) is 0. The van der Waals surface area contributed by atoms with Crippen LogP contribution in [0.15, 0.2) is 48.5 Å². The maximum Gasteiger partial charge on any atom is 0.254 e. The van der Waals surface area contributed by atoms with Gasteiger partial charge in [0, 0.05) is 43.3 Å². The minimum atomic E-state index is -0.158. The highest BCUT2D eigenvalue weighted by atomic mass is 16.2. The van der Waals surface area contributed by atoms with E-state index in [4.69, 9.17) is 0 Å². The zero-order chi connectivity index (χ0) is 23.1. The van der Waals surface area contributed by atoms with Gasteiger partial charge in [-0.3, -0.25) is 19.3 Å². The van der Waals surface area contributed by atoms with E-state index in [-0.39, 0.29) is 24.3 Å². The fraction of sp³-hybridized carbons (Fsp3) is 0.400. The van der Waals surface area contributed by atoms with E-state index < -0.39 is 0 Å². The molecule has 3 rings (SSSR count). The molecule has 1 aliphatic rings. The lowest BCUT2D eigenvalue weighted by atomic mass is 10.1. The zero-order valence-corrected chi connectivity index (χ0v) is 19.1. The number of nitrogens with zero attached hydrogens (tertiary/aromatic N) is 2. The average Bonchev–Trinajstić information content (AvgIpc) is 2.81. The van der Waals surface area contributed by atoms with Crippen LogP contribution in [0.25, 0.3) is 0 Å². The second kappa shape index (κ2) is 10.9. The van der Waals surface area contributed by atoms with Gasteiger partial charge in [0.05, 0.1) is 6.54 Å². The van der Waals surface area contributed by atoms with E-state index in [1.807, 2.05) is 36.4 Å². The van der Waals surface area contributed by atoms with Crippen LogP contribution in [0.1, 0.15) is 52.6 Å². The van der Waals surface area contributed by atoms with E-state index in [1.54, 1.807) is 17.0 Å². The molecule has 0 aliphatic carbocycles. The largest absolute Gasteiger partial charge is 0.353 e. The molecular formula is C25H32N4O3. The molecule has 7 heteroatoms. The minimum Gasteiger partial charge on any atom is -0.353 e. The molecule has 3 amide bonds.